The highest BCUT2D eigenvalue weighted by molar-refractivity contribution is 6.34. The van der Waals surface area contributed by atoms with Crippen molar-refractivity contribution in [1.29, 1.82) is 0 Å². The topological polar surface area (TPSA) is 96.9 Å². The number of benzene rings is 1. The molecule has 3 N–H and O–H groups in total. The molecule has 21 heavy (non-hydrogen) atoms. The third-order valence-electron chi connectivity index (χ3n) is 2.85. The van der Waals surface area contributed by atoms with Crippen LogP contribution < -0.4 is 10.6 Å². The molecule has 2 rings (SSSR count). The van der Waals surface area contributed by atoms with Crippen LogP contribution in [0, 0.1) is 0 Å². The van der Waals surface area contributed by atoms with E-state index in [2.05, 4.69) is 10.6 Å². The van der Waals surface area contributed by atoms with Gasteiger partial charge in [0.25, 0.3) is 0 Å². The molecular weight excluding hydrogens is 300 g/mol. The Bertz CT molecular complexity index is 531. The quantitative estimate of drug-likeness (QED) is 0.784. The van der Waals surface area contributed by atoms with Crippen molar-refractivity contribution in [2.24, 2.45) is 0 Å². The summed E-state index contributed by atoms with van der Waals surface area (Å²) < 4.78 is 10.6. The molecule has 7 nitrogen and oxygen atoms in total. The van der Waals surface area contributed by atoms with Crippen molar-refractivity contribution in [2.75, 3.05) is 31.7 Å². The maximum absolute atomic E-state index is 11.8. The number of aromatic carboxylic acids is 1. The van der Waals surface area contributed by atoms with Crippen LogP contribution in [0.1, 0.15) is 10.4 Å². The molecule has 2 amide bonds. The van der Waals surface area contributed by atoms with Gasteiger partial charge in [-0.05, 0) is 12.1 Å². The molecule has 0 saturated carbocycles. The number of anilines is 1. The average Bonchev–Trinajstić information content (AvgIpc) is 2.46. The number of hydrogen-bond donors (Lipinski definition) is 3. The predicted molar refractivity (Wildman–Crippen MR) is 76.0 cm³/mol. The van der Waals surface area contributed by atoms with Gasteiger partial charge in [-0.3, -0.25) is 0 Å². The second-order valence-corrected chi connectivity index (χ2v) is 4.78. The van der Waals surface area contributed by atoms with Gasteiger partial charge in [-0.15, -0.1) is 0 Å². The number of amides is 2. The van der Waals surface area contributed by atoms with Crippen LogP contribution in [-0.2, 0) is 9.47 Å². The van der Waals surface area contributed by atoms with E-state index in [-0.39, 0.29) is 28.9 Å². The Hall–Kier alpha value is -1.83. The first-order valence-electron chi connectivity index (χ1n) is 6.34. The van der Waals surface area contributed by atoms with Crippen LogP contribution in [0.2, 0.25) is 5.02 Å². The first kappa shape index (κ1) is 15.6. The van der Waals surface area contributed by atoms with E-state index in [0.29, 0.717) is 19.8 Å². The highest BCUT2D eigenvalue weighted by Gasteiger charge is 2.18. The lowest BCUT2D eigenvalue weighted by Gasteiger charge is -2.23. The Morgan fingerprint density at radius 3 is 2.86 bits per heavy atom. The molecule has 0 aromatic heterocycles. The third kappa shape index (κ3) is 4.32. The maximum atomic E-state index is 11.8. The summed E-state index contributed by atoms with van der Waals surface area (Å²) in [6, 6.07) is 3.94. The van der Waals surface area contributed by atoms with Gasteiger partial charge in [0.1, 0.15) is 5.56 Å². The fourth-order valence-electron chi connectivity index (χ4n) is 1.87. The van der Waals surface area contributed by atoms with Crippen LogP contribution in [0.5, 0.6) is 0 Å². The molecule has 1 aromatic carbocycles. The first-order valence-corrected chi connectivity index (χ1v) is 6.71. The Labute approximate surface area is 126 Å². The van der Waals surface area contributed by atoms with Crippen LogP contribution in [0.15, 0.2) is 18.2 Å². The average molecular weight is 315 g/mol. The highest BCUT2D eigenvalue weighted by atomic mass is 35.5. The molecule has 1 aliphatic rings. The molecule has 0 aliphatic carbocycles. The van der Waals surface area contributed by atoms with E-state index in [0.717, 1.165) is 0 Å². The van der Waals surface area contributed by atoms with Gasteiger partial charge in [0.2, 0.25) is 0 Å². The standard InChI is InChI=1S/C13H15ClN2O5/c14-9-2-1-3-10(11(9)12(17)18)16-13(19)15-6-8-7-20-4-5-21-8/h1-3,8H,4-7H2,(H,17,18)(H2,15,16,19). The molecule has 8 heteroatoms. The number of carbonyl (C=O) groups is 2. The number of rotatable bonds is 4. The normalized spacial score (nSPS) is 18.0. The van der Waals surface area contributed by atoms with Gasteiger partial charge >= 0.3 is 12.0 Å². The number of nitrogens with one attached hydrogen (secondary N) is 2. The van der Waals surface area contributed by atoms with Gasteiger partial charge < -0.3 is 25.2 Å². The summed E-state index contributed by atoms with van der Waals surface area (Å²) in [5.74, 6) is -1.21. The number of halogens is 1. The number of carboxylic acid groups (broad SMARTS) is 1. The Kier molecular flexibility index (Phi) is 5.38. The van der Waals surface area contributed by atoms with Crippen LogP contribution in [0.3, 0.4) is 0 Å². The van der Waals surface area contributed by atoms with Crippen molar-refractivity contribution >= 4 is 29.3 Å². The minimum atomic E-state index is -1.21. The second kappa shape index (κ2) is 7.26. The van der Waals surface area contributed by atoms with E-state index in [1.54, 1.807) is 6.07 Å². The van der Waals surface area contributed by atoms with Crippen LogP contribution >= 0.6 is 11.6 Å². The van der Waals surface area contributed by atoms with E-state index in [1.165, 1.54) is 12.1 Å². The lowest BCUT2D eigenvalue weighted by atomic mass is 10.2. The van der Waals surface area contributed by atoms with Crippen molar-refractivity contribution < 1.29 is 24.2 Å². The van der Waals surface area contributed by atoms with Crippen LogP contribution in [0.25, 0.3) is 0 Å². The van der Waals surface area contributed by atoms with Gasteiger partial charge in [0, 0.05) is 6.54 Å². The van der Waals surface area contributed by atoms with E-state index in [1.807, 2.05) is 0 Å². The van der Waals surface area contributed by atoms with Gasteiger partial charge in [-0.25, -0.2) is 9.59 Å². The molecule has 0 radical (unpaired) electrons. The zero-order valence-corrected chi connectivity index (χ0v) is 11.9. The fourth-order valence-corrected chi connectivity index (χ4v) is 2.13. The third-order valence-corrected chi connectivity index (χ3v) is 3.17. The minimum Gasteiger partial charge on any atom is -0.478 e. The summed E-state index contributed by atoms with van der Waals surface area (Å²) in [5.41, 5.74) is -0.0140. The molecule has 1 aromatic rings. The Morgan fingerprint density at radius 1 is 1.38 bits per heavy atom. The van der Waals surface area contributed by atoms with E-state index >= 15 is 0 Å². The molecule has 0 bridgehead atoms. The van der Waals surface area contributed by atoms with Gasteiger partial charge in [-0.1, -0.05) is 17.7 Å². The van der Waals surface area contributed by atoms with Crippen molar-refractivity contribution in [3.63, 3.8) is 0 Å². The summed E-state index contributed by atoms with van der Waals surface area (Å²) in [7, 11) is 0. The van der Waals surface area contributed by atoms with Gasteiger partial charge in [-0.2, -0.15) is 0 Å². The molecule has 1 heterocycles. The van der Waals surface area contributed by atoms with Crippen LogP contribution in [-0.4, -0.2) is 49.6 Å². The lowest BCUT2D eigenvalue weighted by Crippen LogP contribution is -2.41. The maximum Gasteiger partial charge on any atom is 0.339 e. The summed E-state index contributed by atoms with van der Waals surface area (Å²) in [6.07, 6.45) is -0.206. The number of hydrogen-bond acceptors (Lipinski definition) is 4. The first-order chi connectivity index (χ1) is 10.1. The molecule has 0 spiro atoms. The van der Waals surface area contributed by atoms with Crippen molar-refractivity contribution in [3.05, 3.63) is 28.8 Å². The zero-order chi connectivity index (χ0) is 15.2. The van der Waals surface area contributed by atoms with Crippen molar-refractivity contribution in [3.8, 4) is 0 Å². The number of carbonyl (C=O) groups excluding carboxylic acids is 1. The number of ether oxygens (including phenoxy) is 2. The largest absolute Gasteiger partial charge is 0.478 e. The van der Waals surface area contributed by atoms with E-state index in [9.17, 15) is 9.59 Å². The summed E-state index contributed by atoms with van der Waals surface area (Å²) in [4.78, 5) is 22.9. The zero-order valence-electron chi connectivity index (χ0n) is 11.1. The summed E-state index contributed by atoms with van der Waals surface area (Å²) >= 11 is 5.82. The minimum absolute atomic E-state index is 0.0595. The molecule has 1 aliphatic heterocycles. The van der Waals surface area contributed by atoms with Crippen LogP contribution in [0.4, 0.5) is 10.5 Å². The smallest absolute Gasteiger partial charge is 0.339 e. The van der Waals surface area contributed by atoms with Crippen molar-refractivity contribution in [2.45, 2.75) is 6.10 Å². The van der Waals surface area contributed by atoms with E-state index in [4.69, 9.17) is 26.2 Å². The Morgan fingerprint density at radius 2 is 2.19 bits per heavy atom. The summed E-state index contributed by atoms with van der Waals surface area (Å²) in [5, 5.41) is 14.2. The molecule has 1 atom stereocenters. The monoisotopic (exact) mass is 314 g/mol. The summed E-state index contributed by atoms with van der Waals surface area (Å²) in [6.45, 7) is 1.73. The van der Waals surface area contributed by atoms with E-state index < -0.39 is 12.0 Å². The second-order valence-electron chi connectivity index (χ2n) is 4.37. The molecule has 1 saturated heterocycles. The molecular formula is C13H15ClN2O5. The fraction of sp³-hybridized carbons (Fsp3) is 0.385. The SMILES string of the molecule is O=C(NCC1COCCO1)Nc1cccc(Cl)c1C(=O)O. The predicted octanol–water partition coefficient (Wildman–Crippen LogP) is 1.58. The Balaban J connectivity index is 1.93. The lowest BCUT2D eigenvalue weighted by molar-refractivity contribution is -0.0852. The van der Waals surface area contributed by atoms with Crippen molar-refractivity contribution in [1.82, 2.24) is 5.32 Å². The van der Waals surface area contributed by atoms with Gasteiger partial charge in [0.15, 0.2) is 0 Å². The molecule has 1 fully saturated rings. The number of urea groups is 1. The molecule has 114 valence electrons. The molecule has 1 unspecified atom stereocenters. The van der Waals surface area contributed by atoms with Gasteiger partial charge in [0.05, 0.1) is 36.6 Å². The number of carboxylic acids is 1. The highest BCUT2D eigenvalue weighted by Crippen LogP contribution is 2.24.